The van der Waals surface area contributed by atoms with E-state index in [0.717, 1.165) is 17.3 Å². The zero-order chi connectivity index (χ0) is 24.9. The van der Waals surface area contributed by atoms with E-state index in [1.807, 2.05) is 51.6 Å². The van der Waals surface area contributed by atoms with Crippen LogP contribution in [0.25, 0.3) is 28.0 Å². The molecule has 1 aliphatic heterocycles. The Morgan fingerprint density at radius 2 is 2.06 bits per heavy atom. The Bertz CT molecular complexity index is 1500. The molecule has 5 rings (SSSR count). The van der Waals surface area contributed by atoms with Gasteiger partial charge in [0, 0.05) is 49.0 Å². The topological polar surface area (TPSA) is 83.0 Å². The lowest BCUT2D eigenvalue weighted by Gasteiger charge is -2.20. The summed E-state index contributed by atoms with van der Waals surface area (Å²) in [6.45, 7) is 1.19. The molecule has 1 amide bonds. The third kappa shape index (κ3) is 4.05. The normalized spacial score (nSPS) is 15.8. The van der Waals surface area contributed by atoms with Crippen molar-refractivity contribution < 1.29 is 9.18 Å². The van der Waals surface area contributed by atoms with Crippen LogP contribution in [0.1, 0.15) is 22.5 Å². The number of carbonyl (C=O) groups is 1. The predicted molar refractivity (Wildman–Crippen MR) is 131 cm³/mol. The molecular formula is C25H23ClFN7O. The molecule has 1 unspecified atom stereocenters. The van der Waals surface area contributed by atoms with Crippen LogP contribution < -0.4 is 0 Å². The van der Waals surface area contributed by atoms with Gasteiger partial charge in [0.1, 0.15) is 22.9 Å². The number of aryl methyl sites for hydroxylation is 1. The Balaban J connectivity index is 1.65. The molecule has 1 aliphatic rings. The van der Waals surface area contributed by atoms with Gasteiger partial charge in [-0.3, -0.25) is 14.0 Å². The first-order valence-corrected chi connectivity index (χ1v) is 11.5. The summed E-state index contributed by atoms with van der Waals surface area (Å²) in [7, 11) is 5.82. The summed E-state index contributed by atoms with van der Waals surface area (Å²) in [5.41, 5.74) is 1.91. The Kier molecular flexibility index (Phi) is 5.79. The van der Waals surface area contributed by atoms with Crippen LogP contribution in [0.15, 0.2) is 42.6 Å². The summed E-state index contributed by atoms with van der Waals surface area (Å²) in [5.74, 6) is -0.621. The van der Waals surface area contributed by atoms with Gasteiger partial charge in [0.15, 0.2) is 5.69 Å². The van der Waals surface area contributed by atoms with Gasteiger partial charge in [-0.2, -0.15) is 10.4 Å². The number of likely N-dealkylation sites (tertiary alicyclic amines) is 1. The lowest BCUT2D eigenvalue weighted by atomic mass is 10.1. The minimum atomic E-state index is -0.667. The third-order valence-electron chi connectivity index (χ3n) is 6.41. The molecule has 0 spiro atoms. The molecule has 0 N–H and O–H groups in total. The van der Waals surface area contributed by atoms with Crippen LogP contribution in [0.5, 0.6) is 0 Å². The lowest BCUT2D eigenvalue weighted by Crippen LogP contribution is -2.34. The third-order valence-corrected chi connectivity index (χ3v) is 6.76. The summed E-state index contributed by atoms with van der Waals surface area (Å²) in [6.07, 6.45) is 2.74. The molecule has 0 radical (unpaired) electrons. The number of hydrogen-bond donors (Lipinski definition) is 0. The van der Waals surface area contributed by atoms with Crippen molar-refractivity contribution in [1.82, 2.24) is 29.1 Å². The van der Waals surface area contributed by atoms with E-state index in [9.17, 15) is 9.18 Å². The molecule has 4 aromatic rings. The first kappa shape index (κ1) is 23.0. The number of hydrogen-bond acceptors (Lipinski definition) is 5. The molecule has 2 aromatic carbocycles. The number of carbonyl (C=O) groups excluding carboxylic acids is 1. The maximum absolute atomic E-state index is 14.5. The number of likely N-dealkylation sites (N-methyl/N-ethyl adjacent to an activating group) is 1. The number of benzene rings is 2. The molecule has 8 nitrogen and oxygen atoms in total. The van der Waals surface area contributed by atoms with Gasteiger partial charge in [0.25, 0.3) is 5.91 Å². The van der Waals surface area contributed by atoms with Gasteiger partial charge in [-0.1, -0.05) is 11.6 Å². The van der Waals surface area contributed by atoms with Crippen molar-refractivity contribution in [3.8, 4) is 23.1 Å². The molecule has 1 atom stereocenters. The van der Waals surface area contributed by atoms with E-state index in [4.69, 9.17) is 16.9 Å². The number of nitriles is 1. The van der Waals surface area contributed by atoms with Gasteiger partial charge < -0.3 is 9.80 Å². The van der Waals surface area contributed by atoms with Gasteiger partial charge >= 0.3 is 0 Å². The predicted octanol–water partition coefficient (Wildman–Crippen LogP) is 3.87. The fraction of sp³-hybridized carbons (Fsp3) is 0.280. The molecule has 0 bridgehead atoms. The molecule has 178 valence electrons. The van der Waals surface area contributed by atoms with E-state index < -0.39 is 5.82 Å². The Hall–Kier alpha value is -3.74. The Morgan fingerprint density at radius 3 is 2.74 bits per heavy atom. The lowest BCUT2D eigenvalue weighted by molar-refractivity contribution is 0.0778. The molecule has 0 saturated carbocycles. The van der Waals surface area contributed by atoms with Crippen molar-refractivity contribution in [2.45, 2.75) is 12.5 Å². The number of imidazole rings is 1. The van der Waals surface area contributed by atoms with Crippen LogP contribution in [0.4, 0.5) is 4.39 Å². The summed E-state index contributed by atoms with van der Waals surface area (Å²) >= 11 is 6.82. The van der Waals surface area contributed by atoms with Gasteiger partial charge in [0.05, 0.1) is 11.1 Å². The van der Waals surface area contributed by atoms with Crippen molar-refractivity contribution in [2.24, 2.45) is 7.05 Å². The highest BCUT2D eigenvalue weighted by atomic mass is 35.5. The number of fused-ring (bicyclic) bond motifs is 1. The average Bonchev–Trinajstić information content (AvgIpc) is 3.54. The number of amides is 1. The highest BCUT2D eigenvalue weighted by Gasteiger charge is 2.32. The van der Waals surface area contributed by atoms with Crippen LogP contribution in [0, 0.1) is 17.1 Å². The van der Waals surface area contributed by atoms with Crippen LogP contribution in [-0.4, -0.2) is 68.3 Å². The fourth-order valence-electron chi connectivity index (χ4n) is 4.48. The molecule has 1 fully saturated rings. The fourth-order valence-corrected chi connectivity index (χ4v) is 4.78. The molecule has 2 aromatic heterocycles. The van der Waals surface area contributed by atoms with E-state index in [-0.39, 0.29) is 28.4 Å². The van der Waals surface area contributed by atoms with E-state index in [1.54, 1.807) is 20.2 Å². The molecule has 10 heteroatoms. The van der Waals surface area contributed by atoms with E-state index in [0.29, 0.717) is 30.2 Å². The zero-order valence-electron chi connectivity index (χ0n) is 19.5. The maximum atomic E-state index is 14.5. The molecule has 1 saturated heterocycles. The first-order valence-electron chi connectivity index (χ1n) is 11.1. The monoisotopic (exact) mass is 491 g/mol. The van der Waals surface area contributed by atoms with Gasteiger partial charge in [0.2, 0.25) is 0 Å². The minimum Gasteiger partial charge on any atom is -0.336 e. The largest absolute Gasteiger partial charge is 0.336 e. The van der Waals surface area contributed by atoms with Gasteiger partial charge in [-0.15, -0.1) is 0 Å². The second kappa shape index (κ2) is 8.80. The van der Waals surface area contributed by atoms with Crippen molar-refractivity contribution >= 4 is 28.4 Å². The average molecular weight is 492 g/mol. The second-order valence-corrected chi connectivity index (χ2v) is 9.28. The van der Waals surface area contributed by atoms with Gasteiger partial charge in [-0.05, 0) is 56.9 Å². The zero-order valence-corrected chi connectivity index (χ0v) is 20.3. The molecule has 3 heterocycles. The number of nitrogens with zero attached hydrogens (tertiary/aromatic N) is 7. The molecular weight excluding hydrogens is 469 g/mol. The van der Waals surface area contributed by atoms with E-state index in [1.165, 1.54) is 12.1 Å². The standard InChI is InChI=1S/C25H23ClFN7O/c1-31(2)19-8-9-33(14-19)25(35)22-23(26)34(18-6-7-21-17(10-18)13-32(3)30-21)24(29-22)15-4-5-16(12-28)20(27)11-15/h4-7,10-11,13,19H,8-9,14H2,1-3H3. The Labute approximate surface area is 206 Å². The quantitative estimate of drug-likeness (QED) is 0.433. The van der Waals surface area contributed by atoms with E-state index >= 15 is 0 Å². The second-order valence-electron chi connectivity index (χ2n) is 8.92. The highest BCUT2D eigenvalue weighted by molar-refractivity contribution is 6.33. The summed E-state index contributed by atoms with van der Waals surface area (Å²) in [5, 5.41) is 14.6. The van der Waals surface area contributed by atoms with Crippen LogP contribution in [0.3, 0.4) is 0 Å². The number of halogens is 2. The van der Waals surface area contributed by atoms with E-state index in [2.05, 4.69) is 15.0 Å². The van der Waals surface area contributed by atoms with Crippen molar-refractivity contribution in [3.63, 3.8) is 0 Å². The first-order chi connectivity index (χ1) is 16.8. The summed E-state index contributed by atoms with van der Waals surface area (Å²) in [4.78, 5) is 21.9. The van der Waals surface area contributed by atoms with Crippen molar-refractivity contribution in [1.29, 1.82) is 5.26 Å². The van der Waals surface area contributed by atoms with Crippen LogP contribution in [-0.2, 0) is 7.05 Å². The summed E-state index contributed by atoms with van der Waals surface area (Å²) < 4.78 is 17.9. The Morgan fingerprint density at radius 1 is 1.26 bits per heavy atom. The highest BCUT2D eigenvalue weighted by Crippen LogP contribution is 2.33. The van der Waals surface area contributed by atoms with Crippen molar-refractivity contribution in [3.05, 3.63) is 64.8 Å². The molecule has 35 heavy (non-hydrogen) atoms. The maximum Gasteiger partial charge on any atom is 0.275 e. The minimum absolute atomic E-state index is 0.0715. The smallest absolute Gasteiger partial charge is 0.275 e. The van der Waals surface area contributed by atoms with Crippen LogP contribution in [0.2, 0.25) is 5.15 Å². The van der Waals surface area contributed by atoms with Crippen LogP contribution >= 0.6 is 11.6 Å². The SMILES string of the molecule is CN(C)C1CCN(C(=O)c2nc(-c3ccc(C#N)c(F)c3)n(-c3ccc4nn(C)cc4c3)c2Cl)C1. The van der Waals surface area contributed by atoms with Crippen molar-refractivity contribution in [2.75, 3.05) is 27.2 Å². The number of aromatic nitrogens is 4. The van der Waals surface area contributed by atoms with Gasteiger partial charge in [-0.25, -0.2) is 9.37 Å². The number of rotatable bonds is 4. The summed E-state index contributed by atoms with van der Waals surface area (Å²) in [6, 6.07) is 11.9. The molecule has 0 aliphatic carbocycles.